The summed E-state index contributed by atoms with van der Waals surface area (Å²) in [7, 11) is 0. The topological polar surface area (TPSA) is 49.4 Å². The quantitative estimate of drug-likeness (QED) is 0.481. The van der Waals surface area contributed by atoms with Gasteiger partial charge in [0.05, 0.1) is 10.6 Å². The van der Waals surface area contributed by atoms with Crippen LogP contribution in [0.3, 0.4) is 0 Å². The van der Waals surface area contributed by atoms with Gasteiger partial charge in [-0.1, -0.05) is 72.5 Å². The molecule has 0 atom stereocenters. The summed E-state index contributed by atoms with van der Waals surface area (Å²) in [5, 5.41) is 4.78. The maximum absolute atomic E-state index is 13.1. The number of nitrogens with zero attached hydrogens (tertiary/aromatic N) is 1. The van der Waals surface area contributed by atoms with Crippen LogP contribution in [0.4, 0.5) is 11.4 Å². The first-order valence-electron chi connectivity index (χ1n) is 8.66. The zero-order valence-electron chi connectivity index (χ0n) is 15.0. The zero-order chi connectivity index (χ0) is 19.7. The number of nitrogens with one attached hydrogen (secondary N) is 1. The van der Waals surface area contributed by atoms with Gasteiger partial charge in [0.1, 0.15) is 0 Å². The highest BCUT2D eigenvalue weighted by atomic mass is 32.2. The molecule has 0 radical (unpaired) electrons. The van der Waals surface area contributed by atoms with Crippen molar-refractivity contribution in [1.82, 2.24) is 0 Å². The third-order valence-corrected chi connectivity index (χ3v) is 5.63. The van der Waals surface area contributed by atoms with Crippen LogP contribution in [-0.2, 0) is 9.59 Å². The van der Waals surface area contributed by atoms with E-state index in [1.807, 2.05) is 60.7 Å². The van der Waals surface area contributed by atoms with Gasteiger partial charge in [-0.25, -0.2) is 0 Å². The number of carbonyl (C=O) groups is 2. The average Bonchev–Trinajstić information content (AvgIpc) is 2.96. The van der Waals surface area contributed by atoms with E-state index >= 15 is 0 Å². The molecule has 4 rings (SSSR count). The number of thiocarbonyl (C=S) groups is 1. The van der Waals surface area contributed by atoms with Crippen LogP contribution >= 0.6 is 24.0 Å². The van der Waals surface area contributed by atoms with Crippen LogP contribution in [0, 0.1) is 0 Å². The van der Waals surface area contributed by atoms with Crippen LogP contribution in [0.15, 0.2) is 71.6 Å². The van der Waals surface area contributed by atoms with E-state index in [2.05, 4.69) is 5.32 Å². The molecule has 0 bridgehead atoms. The van der Waals surface area contributed by atoms with Crippen LogP contribution in [0.1, 0.15) is 12.5 Å². The van der Waals surface area contributed by atoms with Crippen molar-refractivity contribution in [3.05, 3.63) is 77.2 Å². The van der Waals surface area contributed by atoms with Crippen LogP contribution in [0.25, 0.3) is 16.8 Å². The fourth-order valence-electron chi connectivity index (χ4n) is 3.10. The molecule has 0 unspecified atom stereocenters. The van der Waals surface area contributed by atoms with E-state index in [0.29, 0.717) is 14.9 Å². The van der Waals surface area contributed by atoms with Crippen molar-refractivity contribution in [1.29, 1.82) is 0 Å². The highest BCUT2D eigenvalue weighted by Gasteiger charge is 2.34. The molecule has 28 heavy (non-hydrogen) atoms. The smallest absolute Gasteiger partial charge is 0.270 e. The molecule has 3 aromatic rings. The minimum atomic E-state index is -0.128. The number of carbonyl (C=O) groups excluding carboxylic acids is 2. The second-order valence-corrected chi connectivity index (χ2v) is 7.99. The second kappa shape index (κ2) is 7.58. The third kappa shape index (κ3) is 3.56. The summed E-state index contributed by atoms with van der Waals surface area (Å²) < 4.78 is 0.516. The predicted molar refractivity (Wildman–Crippen MR) is 120 cm³/mol. The molecule has 2 amide bonds. The molecule has 1 aliphatic heterocycles. The standard InChI is InChI=1S/C22H16N2O2S2/c1-14(25)23-17-11-9-15(10-12-17)13-20-21(26)24(22(27)28-20)19-8-4-6-16-5-2-3-7-18(16)19/h2-13H,1H3,(H,23,25)/b20-13-. The van der Waals surface area contributed by atoms with Gasteiger partial charge in [-0.2, -0.15) is 0 Å². The highest BCUT2D eigenvalue weighted by Crippen LogP contribution is 2.38. The Morgan fingerprint density at radius 2 is 1.75 bits per heavy atom. The van der Waals surface area contributed by atoms with Crippen molar-refractivity contribution in [3.8, 4) is 0 Å². The van der Waals surface area contributed by atoms with Crippen molar-refractivity contribution < 1.29 is 9.59 Å². The summed E-state index contributed by atoms with van der Waals surface area (Å²) in [6, 6.07) is 21.1. The fourth-order valence-corrected chi connectivity index (χ4v) is 4.38. The van der Waals surface area contributed by atoms with Gasteiger partial charge in [0.25, 0.3) is 5.91 Å². The lowest BCUT2D eigenvalue weighted by Gasteiger charge is -2.17. The maximum atomic E-state index is 13.1. The Bertz CT molecular complexity index is 1130. The largest absolute Gasteiger partial charge is 0.326 e. The molecule has 0 spiro atoms. The molecule has 6 heteroatoms. The molecule has 0 aliphatic carbocycles. The average molecular weight is 405 g/mol. The van der Waals surface area contributed by atoms with Gasteiger partial charge in [0, 0.05) is 18.0 Å². The number of hydrogen-bond donors (Lipinski definition) is 1. The molecular weight excluding hydrogens is 388 g/mol. The lowest BCUT2D eigenvalue weighted by molar-refractivity contribution is -0.114. The van der Waals surface area contributed by atoms with Crippen molar-refractivity contribution in [2.24, 2.45) is 0 Å². The normalized spacial score (nSPS) is 15.5. The minimum absolute atomic E-state index is 0.122. The van der Waals surface area contributed by atoms with Gasteiger partial charge >= 0.3 is 0 Å². The molecular formula is C22H16N2O2S2. The van der Waals surface area contributed by atoms with Crippen molar-refractivity contribution in [2.45, 2.75) is 6.92 Å². The number of hydrogen-bond acceptors (Lipinski definition) is 4. The van der Waals surface area contributed by atoms with Crippen molar-refractivity contribution >= 4 is 68.3 Å². The first-order chi connectivity index (χ1) is 13.5. The molecule has 0 aromatic heterocycles. The first-order valence-corrected chi connectivity index (χ1v) is 9.89. The Kier molecular flexibility index (Phi) is 4.98. The van der Waals surface area contributed by atoms with Crippen LogP contribution in [0.5, 0.6) is 0 Å². The van der Waals surface area contributed by atoms with E-state index in [9.17, 15) is 9.59 Å². The summed E-state index contributed by atoms with van der Waals surface area (Å²) in [6.07, 6.45) is 1.82. The molecule has 0 saturated carbocycles. The van der Waals surface area contributed by atoms with Crippen LogP contribution in [0.2, 0.25) is 0 Å². The number of anilines is 2. The van der Waals surface area contributed by atoms with E-state index in [1.165, 1.54) is 18.7 Å². The summed E-state index contributed by atoms with van der Waals surface area (Å²) in [4.78, 5) is 26.4. The minimum Gasteiger partial charge on any atom is -0.326 e. The monoisotopic (exact) mass is 404 g/mol. The Labute approximate surface area is 172 Å². The Balaban J connectivity index is 1.65. The highest BCUT2D eigenvalue weighted by molar-refractivity contribution is 8.27. The third-order valence-electron chi connectivity index (χ3n) is 4.33. The molecule has 3 aromatic carbocycles. The summed E-state index contributed by atoms with van der Waals surface area (Å²) in [6.45, 7) is 1.46. The molecule has 1 fully saturated rings. The van der Waals surface area contributed by atoms with E-state index in [1.54, 1.807) is 17.0 Å². The fraction of sp³-hybridized carbons (Fsp3) is 0.0455. The number of rotatable bonds is 3. The Morgan fingerprint density at radius 1 is 1.04 bits per heavy atom. The van der Waals surface area contributed by atoms with Crippen LogP contribution < -0.4 is 10.2 Å². The molecule has 1 heterocycles. The van der Waals surface area contributed by atoms with Crippen molar-refractivity contribution in [3.63, 3.8) is 0 Å². The van der Waals surface area contributed by atoms with E-state index in [4.69, 9.17) is 12.2 Å². The van der Waals surface area contributed by atoms with E-state index in [-0.39, 0.29) is 11.8 Å². The summed E-state index contributed by atoms with van der Waals surface area (Å²) in [5.74, 6) is -0.249. The van der Waals surface area contributed by atoms with Crippen molar-refractivity contribution in [2.75, 3.05) is 10.2 Å². The van der Waals surface area contributed by atoms with Gasteiger partial charge < -0.3 is 5.32 Å². The van der Waals surface area contributed by atoms with Gasteiger partial charge in [-0.15, -0.1) is 0 Å². The second-order valence-electron chi connectivity index (χ2n) is 6.32. The SMILES string of the molecule is CC(=O)Nc1ccc(/C=C2\SC(=S)N(c3cccc4ccccc34)C2=O)cc1. The molecule has 1 N–H and O–H groups in total. The first kappa shape index (κ1) is 18.4. The van der Waals surface area contributed by atoms with E-state index < -0.39 is 0 Å². The summed E-state index contributed by atoms with van der Waals surface area (Å²) >= 11 is 6.80. The van der Waals surface area contributed by atoms with Gasteiger partial charge in [-0.05, 0) is 35.2 Å². The molecule has 4 nitrogen and oxygen atoms in total. The van der Waals surface area contributed by atoms with Gasteiger partial charge in [0.15, 0.2) is 4.32 Å². The Morgan fingerprint density at radius 3 is 2.50 bits per heavy atom. The molecule has 1 saturated heterocycles. The van der Waals surface area contributed by atoms with Crippen LogP contribution in [-0.4, -0.2) is 16.1 Å². The van der Waals surface area contributed by atoms with Gasteiger partial charge in [0.2, 0.25) is 5.91 Å². The lowest BCUT2D eigenvalue weighted by atomic mass is 10.1. The summed E-state index contributed by atoms with van der Waals surface area (Å²) in [5.41, 5.74) is 2.38. The molecule has 138 valence electrons. The molecule has 1 aliphatic rings. The number of thioether (sulfide) groups is 1. The lowest BCUT2D eigenvalue weighted by Crippen LogP contribution is -2.27. The number of fused-ring (bicyclic) bond motifs is 1. The number of amides is 2. The van der Waals surface area contributed by atoms with Gasteiger partial charge in [-0.3, -0.25) is 14.5 Å². The predicted octanol–water partition coefficient (Wildman–Crippen LogP) is 5.20. The maximum Gasteiger partial charge on any atom is 0.270 e. The Hall–Kier alpha value is -2.96. The number of benzene rings is 3. The van der Waals surface area contributed by atoms with E-state index in [0.717, 1.165) is 22.0 Å². The zero-order valence-corrected chi connectivity index (χ0v) is 16.6.